The lowest BCUT2D eigenvalue weighted by Gasteiger charge is -2.19. The van der Waals surface area contributed by atoms with Gasteiger partial charge in [0.1, 0.15) is 6.04 Å². The lowest BCUT2D eigenvalue weighted by Crippen LogP contribution is -2.41. The smallest absolute Gasteiger partial charge is 0.326 e. The van der Waals surface area contributed by atoms with Crippen LogP contribution in [0.3, 0.4) is 0 Å². The summed E-state index contributed by atoms with van der Waals surface area (Å²) in [5, 5.41) is 10.9. The van der Waals surface area contributed by atoms with Crippen LogP contribution in [0.4, 0.5) is 4.79 Å². The summed E-state index contributed by atoms with van der Waals surface area (Å²) in [4.78, 5) is 27.0. The van der Waals surface area contributed by atoms with Gasteiger partial charge in [0.05, 0.1) is 6.04 Å². The number of likely N-dealkylation sites (N-methyl/N-ethyl adjacent to an activating group) is 1. The Morgan fingerprint density at radius 1 is 1.65 bits per heavy atom. The lowest BCUT2D eigenvalue weighted by atomic mass is 10.2. The molecule has 1 saturated heterocycles. The minimum Gasteiger partial charge on any atom is -0.480 e. The van der Waals surface area contributed by atoms with Crippen molar-refractivity contribution >= 4 is 23.3 Å². The fourth-order valence-corrected chi connectivity index (χ4v) is 2.80. The predicted octanol–water partition coefficient (Wildman–Crippen LogP) is 1.63. The number of hydrogen-bond acceptors (Lipinski definition) is 3. The Bertz CT molecular complexity index is 432. The summed E-state index contributed by atoms with van der Waals surface area (Å²) in [5.74, 6) is -0.974. The van der Waals surface area contributed by atoms with E-state index in [2.05, 4.69) is 0 Å². The number of rotatable bonds is 3. The molecule has 0 aromatic carbocycles. The first-order valence-corrected chi connectivity index (χ1v) is 6.20. The molecule has 2 amide bonds. The van der Waals surface area contributed by atoms with Crippen LogP contribution in [0.2, 0.25) is 0 Å². The van der Waals surface area contributed by atoms with Gasteiger partial charge in [-0.2, -0.15) is 0 Å². The maximum Gasteiger partial charge on any atom is 0.326 e. The summed E-state index contributed by atoms with van der Waals surface area (Å²) >= 11 is 1.58. The molecule has 17 heavy (non-hydrogen) atoms. The van der Waals surface area contributed by atoms with Crippen LogP contribution < -0.4 is 0 Å². The standard InChI is InChI=1S/C11H14N2O3S/c1-7(10(14)15)13-6-8(12(2)11(13)16)9-4-3-5-17-9/h3-5,7-8H,6H2,1-2H3,(H,14,15). The monoisotopic (exact) mass is 254 g/mol. The van der Waals surface area contributed by atoms with E-state index in [1.807, 2.05) is 17.5 Å². The van der Waals surface area contributed by atoms with Crippen LogP contribution in [0.1, 0.15) is 17.8 Å². The molecule has 92 valence electrons. The van der Waals surface area contributed by atoms with Crippen molar-refractivity contribution in [3.63, 3.8) is 0 Å². The highest BCUT2D eigenvalue weighted by molar-refractivity contribution is 7.10. The number of carbonyl (C=O) groups excluding carboxylic acids is 1. The first-order chi connectivity index (χ1) is 8.02. The molecule has 1 aromatic rings. The third-order valence-electron chi connectivity index (χ3n) is 3.08. The molecule has 2 unspecified atom stereocenters. The summed E-state index contributed by atoms with van der Waals surface area (Å²) in [7, 11) is 1.71. The van der Waals surface area contributed by atoms with Gasteiger partial charge in [0.2, 0.25) is 0 Å². The van der Waals surface area contributed by atoms with Crippen LogP contribution in [0.25, 0.3) is 0 Å². The minimum atomic E-state index is -0.974. The Labute approximate surface area is 103 Å². The normalized spacial score (nSPS) is 22.0. The Morgan fingerprint density at radius 3 is 2.88 bits per heavy atom. The second-order valence-corrected chi connectivity index (χ2v) is 5.07. The van der Waals surface area contributed by atoms with Crippen LogP contribution in [-0.2, 0) is 4.79 Å². The summed E-state index contributed by atoms with van der Waals surface area (Å²) in [6.45, 7) is 1.97. The molecule has 2 atom stereocenters. The van der Waals surface area contributed by atoms with Crippen LogP contribution >= 0.6 is 11.3 Å². The zero-order chi connectivity index (χ0) is 12.6. The zero-order valence-electron chi connectivity index (χ0n) is 9.66. The van der Waals surface area contributed by atoms with E-state index in [1.54, 1.807) is 23.3 Å². The number of urea groups is 1. The predicted molar refractivity (Wildman–Crippen MR) is 64.0 cm³/mol. The Morgan fingerprint density at radius 2 is 2.35 bits per heavy atom. The molecule has 0 radical (unpaired) electrons. The molecule has 2 heterocycles. The largest absolute Gasteiger partial charge is 0.480 e. The van der Waals surface area contributed by atoms with Crippen molar-refractivity contribution in [3.05, 3.63) is 22.4 Å². The van der Waals surface area contributed by atoms with Gasteiger partial charge in [-0.15, -0.1) is 11.3 Å². The molecule has 1 fully saturated rings. The van der Waals surface area contributed by atoms with Crippen molar-refractivity contribution in [2.45, 2.75) is 19.0 Å². The molecular formula is C11H14N2O3S. The van der Waals surface area contributed by atoms with Gasteiger partial charge in [0.25, 0.3) is 0 Å². The minimum absolute atomic E-state index is 0.0377. The van der Waals surface area contributed by atoms with E-state index in [1.165, 1.54) is 11.8 Å². The van der Waals surface area contributed by atoms with Crippen molar-refractivity contribution < 1.29 is 14.7 Å². The van der Waals surface area contributed by atoms with Gasteiger partial charge in [-0.3, -0.25) is 0 Å². The van der Waals surface area contributed by atoms with E-state index in [4.69, 9.17) is 5.11 Å². The molecule has 0 aliphatic carbocycles. The van der Waals surface area contributed by atoms with Gasteiger partial charge < -0.3 is 14.9 Å². The van der Waals surface area contributed by atoms with E-state index >= 15 is 0 Å². The number of nitrogens with zero attached hydrogens (tertiary/aromatic N) is 2. The van der Waals surface area contributed by atoms with E-state index in [9.17, 15) is 9.59 Å². The van der Waals surface area contributed by atoms with Crippen molar-refractivity contribution in [2.24, 2.45) is 0 Å². The van der Waals surface area contributed by atoms with Crippen LogP contribution in [0, 0.1) is 0 Å². The zero-order valence-corrected chi connectivity index (χ0v) is 10.5. The molecule has 5 nitrogen and oxygen atoms in total. The van der Waals surface area contributed by atoms with Gasteiger partial charge in [-0.1, -0.05) is 6.07 Å². The summed E-state index contributed by atoms with van der Waals surface area (Å²) < 4.78 is 0. The number of amides is 2. The second kappa shape index (κ2) is 4.37. The van der Waals surface area contributed by atoms with Crippen molar-refractivity contribution in [2.75, 3.05) is 13.6 Å². The third kappa shape index (κ3) is 2.00. The summed E-state index contributed by atoms with van der Waals surface area (Å²) in [6.07, 6.45) is 0. The molecule has 0 saturated carbocycles. The Kier molecular flexibility index (Phi) is 3.06. The van der Waals surface area contributed by atoms with Crippen LogP contribution in [0.5, 0.6) is 0 Å². The van der Waals surface area contributed by atoms with Gasteiger partial charge in [0, 0.05) is 18.5 Å². The molecule has 1 aliphatic rings. The summed E-state index contributed by atoms with van der Waals surface area (Å²) in [5.41, 5.74) is 0. The SMILES string of the molecule is CC(C(=O)O)N1CC(c2cccs2)N(C)C1=O. The van der Waals surface area contributed by atoms with Crippen molar-refractivity contribution in [1.29, 1.82) is 0 Å². The number of thiophene rings is 1. The van der Waals surface area contributed by atoms with Gasteiger partial charge >= 0.3 is 12.0 Å². The fraction of sp³-hybridized carbons (Fsp3) is 0.455. The maximum absolute atomic E-state index is 11.9. The number of carboxylic acids is 1. The number of carbonyl (C=O) groups is 2. The second-order valence-electron chi connectivity index (χ2n) is 4.09. The Hall–Kier alpha value is -1.56. The highest BCUT2D eigenvalue weighted by Gasteiger charge is 2.40. The average molecular weight is 254 g/mol. The molecule has 0 bridgehead atoms. The third-order valence-corrected chi connectivity index (χ3v) is 4.05. The maximum atomic E-state index is 11.9. The molecular weight excluding hydrogens is 240 g/mol. The molecule has 1 aromatic heterocycles. The lowest BCUT2D eigenvalue weighted by molar-refractivity contribution is -0.141. The molecule has 2 rings (SSSR count). The highest BCUT2D eigenvalue weighted by atomic mass is 32.1. The van der Waals surface area contributed by atoms with E-state index < -0.39 is 12.0 Å². The number of hydrogen-bond donors (Lipinski definition) is 1. The number of carboxylic acid groups (broad SMARTS) is 1. The van der Waals surface area contributed by atoms with Crippen molar-refractivity contribution in [1.82, 2.24) is 9.80 Å². The highest BCUT2D eigenvalue weighted by Crippen LogP contribution is 2.31. The average Bonchev–Trinajstić information content (AvgIpc) is 2.89. The van der Waals surface area contributed by atoms with E-state index in [0.717, 1.165) is 4.88 Å². The molecule has 1 N–H and O–H groups in total. The van der Waals surface area contributed by atoms with Crippen LogP contribution in [0.15, 0.2) is 17.5 Å². The Balaban J connectivity index is 2.20. The first-order valence-electron chi connectivity index (χ1n) is 5.32. The van der Waals surface area contributed by atoms with E-state index in [-0.39, 0.29) is 12.1 Å². The van der Waals surface area contributed by atoms with E-state index in [0.29, 0.717) is 6.54 Å². The quantitative estimate of drug-likeness (QED) is 0.891. The number of aliphatic carboxylic acids is 1. The van der Waals surface area contributed by atoms with Gasteiger partial charge in [-0.25, -0.2) is 9.59 Å². The fourth-order valence-electron chi connectivity index (χ4n) is 1.94. The topological polar surface area (TPSA) is 60.9 Å². The summed E-state index contributed by atoms with van der Waals surface area (Å²) in [6, 6.07) is 2.85. The van der Waals surface area contributed by atoms with Crippen molar-refractivity contribution in [3.8, 4) is 0 Å². The first kappa shape index (κ1) is 11.9. The molecule has 0 spiro atoms. The molecule has 6 heteroatoms. The molecule has 1 aliphatic heterocycles. The van der Waals surface area contributed by atoms with Crippen LogP contribution in [-0.4, -0.2) is 46.5 Å². The van der Waals surface area contributed by atoms with Gasteiger partial charge in [-0.05, 0) is 18.4 Å². The van der Waals surface area contributed by atoms with Gasteiger partial charge in [0.15, 0.2) is 0 Å².